The Hall–Kier alpha value is -3.22. The van der Waals surface area contributed by atoms with Crippen LogP contribution in [0.15, 0.2) is 42.5 Å². The van der Waals surface area contributed by atoms with Crippen molar-refractivity contribution in [2.24, 2.45) is 0 Å². The maximum absolute atomic E-state index is 11.9. The van der Waals surface area contributed by atoms with Gasteiger partial charge in [-0.1, -0.05) is 38.1 Å². The highest BCUT2D eigenvalue weighted by Crippen LogP contribution is 2.32. The van der Waals surface area contributed by atoms with Gasteiger partial charge in [-0.15, -0.1) is 0 Å². The van der Waals surface area contributed by atoms with Crippen molar-refractivity contribution in [1.29, 1.82) is 0 Å². The number of carbonyl (C=O) groups excluding carboxylic acids is 2. The van der Waals surface area contributed by atoms with Gasteiger partial charge in [0.15, 0.2) is 24.7 Å². The summed E-state index contributed by atoms with van der Waals surface area (Å²) in [6.07, 6.45) is 0. The summed E-state index contributed by atoms with van der Waals surface area (Å²) in [6.45, 7) is 3.98. The second-order valence-electron chi connectivity index (χ2n) is 6.61. The number of fused-ring (bicyclic) bond motifs is 1. The first-order valence-electron chi connectivity index (χ1n) is 9.05. The van der Waals surface area contributed by atoms with Crippen molar-refractivity contribution < 1.29 is 28.5 Å². The molecule has 1 amide bonds. The molecule has 0 fully saturated rings. The molecule has 148 valence electrons. The SMILES string of the molecule is CC(C)c1ccccc1OCC(=O)OCC(=O)NCc1ccc2c(c1)OCO2. The number of para-hydroxylation sites is 1. The number of nitrogens with one attached hydrogen (secondary N) is 1. The molecular weight excluding hydrogens is 362 g/mol. The predicted octanol–water partition coefficient (Wildman–Crippen LogP) is 2.78. The van der Waals surface area contributed by atoms with E-state index in [1.807, 2.05) is 38.1 Å². The van der Waals surface area contributed by atoms with Gasteiger partial charge in [-0.2, -0.15) is 0 Å². The van der Waals surface area contributed by atoms with E-state index in [0.717, 1.165) is 11.1 Å². The van der Waals surface area contributed by atoms with Gasteiger partial charge in [0, 0.05) is 6.54 Å². The first kappa shape index (κ1) is 19.5. The molecule has 0 spiro atoms. The lowest BCUT2D eigenvalue weighted by Gasteiger charge is -2.13. The summed E-state index contributed by atoms with van der Waals surface area (Å²) in [7, 11) is 0. The zero-order valence-electron chi connectivity index (χ0n) is 15.9. The lowest BCUT2D eigenvalue weighted by molar-refractivity contribution is -0.150. The smallest absolute Gasteiger partial charge is 0.344 e. The molecule has 0 saturated heterocycles. The molecule has 0 atom stereocenters. The van der Waals surface area contributed by atoms with Crippen molar-refractivity contribution in [3.63, 3.8) is 0 Å². The van der Waals surface area contributed by atoms with E-state index in [-0.39, 0.29) is 25.9 Å². The first-order valence-corrected chi connectivity index (χ1v) is 9.05. The maximum Gasteiger partial charge on any atom is 0.344 e. The fraction of sp³-hybridized carbons (Fsp3) is 0.333. The van der Waals surface area contributed by atoms with Gasteiger partial charge in [-0.3, -0.25) is 4.79 Å². The Kier molecular flexibility index (Phi) is 6.37. The summed E-state index contributed by atoms with van der Waals surface area (Å²) in [5, 5.41) is 2.69. The van der Waals surface area contributed by atoms with Crippen molar-refractivity contribution in [3.05, 3.63) is 53.6 Å². The Morgan fingerprint density at radius 3 is 2.68 bits per heavy atom. The molecule has 7 heteroatoms. The number of esters is 1. The minimum atomic E-state index is -0.600. The van der Waals surface area contributed by atoms with E-state index in [9.17, 15) is 9.59 Å². The topological polar surface area (TPSA) is 83.1 Å². The number of hydrogen-bond acceptors (Lipinski definition) is 6. The van der Waals surface area contributed by atoms with Crippen LogP contribution in [0.2, 0.25) is 0 Å². The van der Waals surface area contributed by atoms with Gasteiger partial charge in [-0.25, -0.2) is 4.79 Å². The highest BCUT2D eigenvalue weighted by Gasteiger charge is 2.14. The van der Waals surface area contributed by atoms with Gasteiger partial charge in [0.1, 0.15) is 5.75 Å². The molecule has 2 aromatic carbocycles. The average Bonchev–Trinajstić information content (AvgIpc) is 3.17. The van der Waals surface area contributed by atoms with Crippen molar-refractivity contribution >= 4 is 11.9 Å². The zero-order chi connectivity index (χ0) is 19.9. The standard InChI is InChI=1S/C21H23NO6/c1-14(2)16-5-3-4-6-17(16)25-12-21(24)26-11-20(23)22-10-15-7-8-18-19(9-15)28-13-27-18/h3-9,14H,10-13H2,1-2H3,(H,22,23). The van der Waals surface area contributed by atoms with Crippen molar-refractivity contribution in [2.75, 3.05) is 20.0 Å². The van der Waals surface area contributed by atoms with Crippen LogP contribution in [0, 0.1) is 0 Å². The Morgan fingerprint density at radius 1 is 1.07 bits per heavy atom. The maximum atomic E-state index is 11.9. The molecular formula is C21H23NO6. The van der Waals surface area contributed by atoms with Crippen LogP contribution >= 0.6 is 0 Å². The molecule has 1 aliphatic rings. The molecule has 0 aliphatic carbocycles. The summed E-state index contributed by atoms with van der Waals surface area (Å²) < 4.78 is 21.0. The quantitative estimate of drug-likeness (QED) is 0.704. The highest BCUT2D eigenvalue weighted by atomic mass is 16.7. The van der Waals surface area contributed by atoms with Gasteiger partial charge in [-0.05, 0) is 35.2 Å². The summed E-state index contributed by atoms with van der Waals surface area (Å²) >= 11 is 0. The van der Waals surface area contributed by atoms with Gasteiger partial charge in [0.25, 0.3) is 5.91 Å². The largest absolute Gasteiger partial charge is 0.482 e. The summed E-state index contributed by atoms with van der Waals surface area (Å²) in [4.78, 5) is 23.7. The van der Waals surface area contributed by atoms with E-state index in [4.69, 9.17) is 18.9 Å². The first-order chi connectivity index (χ1) is 13.5. The lowest BCUT2D eigenvalue weighted by Crippen LogP contribution is -2.29. The Morgan fingerprint density at radius 2 is 1.86 bits per heavy atom. The molecule has 1 heterocycles. The van der Waals surface area contributed by atoms with Gasteiger partial charge in [0.2, 0.25) is 6.79 Å². The van der Waals surface area contributed by atoms with E-state index < -0.39 is 11.9 Å². The van der Waals surface area contributed by atoms with Crippen molar-refractivity contribution in [1.82, 2.24) is 5.32 Å². The van der Waals surface area contributed by atoms with Crippen LogP contribution < -0.4 is 19.5 Å². The van der Waals surface area contributed by atoms with E-state index in [1.54, 1.807) is 18.2 Å². The van der Waals surface area contributed by atoms with Crippen LogP contribution in [0.4, 0.5) is 0 Å². The molecule has 0 unspecified atom stereocenters. The Bertz CT molecular complexity index is 849. The molecule has 0 bridgehead atoms. The number of amides is 1. The van der Waals surface area contributed by atoms with Crippen molar-refractivity contribution in [2.45, 2.75) is 26.3 Å². The number of carbonyl (C=O) groups is 2. The number of benzene rings is 2. The molecule has 1 N–H and O–H groups in total. The Labute approximate surface area is 163 Å². The molecule has 3 rings (SSSR count). The second-order valence-corrected chi connectivity index (χ2v) is 6.61. The predicted molar refractivity (Wildman–Crippen MR) is 101 cm³/mol. The minimum absolute atomic E-state index is 0.199. The van der Waals surface area contributed by atoms with Gasteiger partial charge < -0.3 is 24.3 Å². The van der Waals surface area contributed by atoms with E-state index in [0.29, 0.717) is 23.8 Å². The van der Waals surface area contributed by atoms with E-state index in [2.05, 4.69) is 5.32 Å². The summed E-state index contributed by atoms with van der Waals surface area (Å²) in [6, 6.07) is 12.9. The highest BCUT2D eigenvalue weighted by molar-refractivity contribution is 5.80. The number of rotatable bonds is 8. The molecule has 1 aliphatic heterocycles. The lowest BCUT2D eigenvalue weighted by atomic mass is 10.0. The van der Waals surface area contributed by atoms with Crippen molar-refractivity contribution in [3.8, 4) is 17.2 Å². The van der Waals surface area contributed by atoms with Gasteiger partial charge >= 0.3 is 5.97 Å². The van der Waals surface area contributed by atoms with E-state index >= 15 is 0 Å². The molecule has 7 nitrogen and oxygen atoms in total. The van der Waals surface area contributed by atoms with E-state index in [1.165, 1.54) is 0 Å². The fourth-order valence-electron chi connectivity index (χ4n) is 2.72. The van der Waals surface area contributed by atoms with Crippen LogP contribution in [0.25, 0.3) is 0 Å². The normalized spacial score (nSPS) is 12.0. The number of ether oxygens (including phenoxy) is 4. The minimum Gasteiger partial charge on any atom is -0.482 e. The van der Waals surface area contributed by atoms with Crippen LogP contribution in [0.3, 0.4) is 0 Å². The molecule has 28 heavy (non-hydrogen) atoms. The molecule has 2 aromatic rings. The number of hydrogen-bond donors (Lipinski definition) is 1. The van der Waals surface area contributed by atoms with Crippen LogP contribution in [-0.4, -0.2) is 31.9 Å². The third-order valence-corrected chi connectivity index (χ3v) is 4.18. The average molecular weight is 385 g/mol. The fourth-order valence-corrected chi connectivity index (χ4v) is 2.72. The van der Waals surface area contributed by atoms with Crippen LogP contribution in [-0.2, 0) is 20.9 Å². The molecule has 0 aromatic heterocycles. The molecule has 0 radical (unpaired) electrons. The Balaban J connectivity index is 1.39. The summed E-state index contributed by atoms with van der Waals surface area (Å²) in [5.41, 5.74) is 1.87. The third kappa shape index (κ3) is 5.16. The van der Waals surface area contributed by atoms with Crippen LogP contribution in [0.5, 0.6) is 17.2 Å². The monoisotopic (exact) mass is 385 g/mol. The second kappa shape index (κ2) is 9.12. The van der Waals surface area contributed by atoms with Gasteiger partial charge in [0.05, 0.1) is 0 Å². The summed E-state index contributed by atoms with van der Waals surface area (Å²) in [5.74, 6) is 1.25. The molecule has 0 saturated carbocycles. The van der Waals surface area contributed by atoms with Crippen LogP contribution in [0.1, 0.15) is 30.9 Å². The third-order valence-electron chi connectivity index (χ3n) is 4.18. The zero-order valence-corrected chi connectivity index (χ0v) is 15.9.